The van der Waals surface area contributed by atoms with Crippen LogP contribution in [0, 0.1) is 5.92 Å². The highest BCUT2D eigenvalue weighted by Gasteiger charge is 2.36. The van der Waals surface area contributed by atoms with Gasteiger partial charge in [0.05, 0.1) is 10.2 Å². The number of aliphatic hydroxyl groups is 2. The summed E-state index contributed by atoms with van der Waals surface area (Å²) < 4.78 is 0.950. The smallest absolute Gasteiger partial charge is 0.0796 e. The van der Waals surface area contributed by atoms with E-state index < -0.39 is 5.60 Å². The lowest BCUT2D eigenvalue weighted by Crippen LogP contribution is -2.52. The number of piperidine rings is 1. The highest BCUT2D eigenvalue weighted by Crippen LogP contribution is 2.27. The number of halogens is 1. The maximum absolute atomic E-state index is 9.93. The lowest BCUT2D eigenvalue weighted by molar-refractivity contribution is -0.0740. The molecular weight excluding hydrogens is 269 g/mol. The summed E-state index contributed by atoms with van der Waals surface area (Å²) in [5, 5.41) is 18.9. The zero-order chi connectivity index (χ0) is 9.19. The van der Waals surface area contributed by atoms with E-state index in [1.807, 2.05) is 6.92 Å². The predicted octanol–water partition coefficient (Wildman–Crippen LogP) is 0.444. The van der Waals surface area contributed by atoms with E-state index in [0.717, 1.165) is 17.5 Å². The summed E-state index contributed by atoms with van der Waals surface area (Å²) >= 11 is 2.29. The van der Waals surface area contributed by atoms with Crippen LogP contribution in [0.5, 0.6) is 0 Å². The number of likely N-dealkylation sites (tertiary alicyclic amines) is 1. The molecule has 1 saturated heterocycles. The zero-order valence-corrected chi connectivity index (χ0v) is 9.49. The van der Waals surface area contributed by atoms with Gasteiger partial charge in [0.2, 0.25) is 0 Å². The van der Waals surface area contributed by atoms with Gasteiger partial charge in [-0.05, 0) is 19.9 Å². The molecule has 2 N–H and O–H groups in total. The van der Waals surface area contributed by atoms with E-state index in [4.69, 9.17) is 5.11 Å². The summed E-state index contributed by atoms with van der Waals surface area (Å²) in [6.07, 6.45) is 0.895. The van der Waals surface area contributed by atoms with Crippen LogP contribution in [0.25, 0.3) is 0 Å². The summed E-state index contributed by atoms with van der Waals surface area (Å²) in [6.45, 7) is 3.58. The van der Waals surface area contributed by atoms with E-state index in [2.05, 4.69) is 27.5 Å². The number of β-amino-alcohol motifs (C(OH)–C–C–N with tert-alkyl or cyclic N) is 1. The molecule has 1 fully saturated rings. The third-order valence-corrected chi connectivity index (χ3v) is 3.57. The van der Waals surface area contributed by atoms with E-state index in [9.17, 15) is 5.11 Å². The van der Waals surface area contributed by atoms with Gasteiger partial charge in [0.15, 0.2) is 0 Å². The zero-order valence-electron chi connectivity index (χ0n) is 7.33. The van der Waals surface area contributed by atoms with Crippen LogP contribution in [-0.4, -0.2) is 45.0 Å². The number of aliphatic hydroxyl groups excluding tert-OH is 1. The molecule has 1 rings (SSSR count). The van der Waals surface area contributed by atoms with Gasteiger partial charge in [-0.25, -0.2) is 0 Å². The molecule has 0 aromatic rings. The number of alkyl halides is 1. The third kappa shape index (κ3) is 2.31. The first-order valence-electron chi connectivity index (χ1n) is 4.21. The molecule has 0 aromatic heterocycles. The Morgan fingerprint density at radius 1 is 1.67 bits per heavy atom. The number of hydrogen-bond donors (Lipinski definition) is 2. The van der Waals surface area contributed by atoms with Gasteiger partial charge in [0.25, 0.3) is 0 Å². The Morgan fingerprint density at radius 2 is 2.33 bits per heavy atom. The lowest BCUT2D eigenvalue weighted by Gasteiger charge is -2.41. The number of hydrogen-bond acceptors (Lipinski definition) is 3. The highest BCUT2D eigenvalue weighted by molar-refractivity contribution is 14.1. The van der Waals surface area contributed by atoms with Crippen molar-refractivity contribution in [1.29, 1.82) is 0 Å². The van der Waals surface area contributed by atoms with Crippen molar-refractivity contribution in [2.75, 3.05) is 24.2 Å². The first-order valence-corrected chi connectivity index (χ1v) is 5.74. The third-order valence-electron chi connectivity index (χ3n) is 2.61. The Morgan fingerprint density at radius 3 is 2.75 bits per heavy atom. The van der Waals surface area contributed by atoms with Crippen LogP contribution in [0.15, 0.2) is 0 Å². The van der Waals surface area contributed by atoms with Gasteiger partial charge < -0.3 is 10.2 Å². The van der Waals surface area contributed by atoms with Crippen LogP contribution in [0.1, 0.15) is 13.3 Å². The van der Waals surface area contributed by atoms with Crippen LogP contribution in [0.4, 0.5) is 0 Å². The molecule has 0 amide bonds. The molecule has 4 heteroatoms. The van der Waals surface area contributed by atoms with Crippen molar-refractivity contribution in [3.05, 3.63) is 0 Å². The fourth-order valence-electron chi connectivity index (χ4n) is 1.70. The predicted molar refractivity (Wildman–Crippen MR) is 56.3 cm³/mol. The monoisotopic (exact) mass is 285 g/mol. The summed E-state index contributed by atoms with van der Waals surface area (Å²) in [6, 6.07) is 0. The minimum absolute atomic E-state index is 0.0525. The molecule has 0 saturated carbocycles. The number of rotatable bonds is 2. The maximum atomic E-state index is 9.93. The SMILES string of the molecule is CC1(O)CN(CI)CCC1CO. The van der Waals surface area contributed by atoms with Crippen LogP contribution in [-0.2, 0) is 0 Å². The number of nitrogens with zero attached hydrogens (tertiary/aromatic N) is 1. The van der Waals surface area contributed by atoms with Crippen LogP contribution >= 0.6 is 22.6 Å². The molecule has 1 heterocycles. The van der Waals surface area contributed by atoms with Gasteiger partial charge in [-0.2, -0.15) is 0 Å². The van der Waals surface area contributed by atoms with Gasteiger partial charge in [-0.3, -0.25) is 4.90 Å². The van der Waals surface area contributed by atoms with Crippen molar-refractivity contribution in [3.8, 4) is 0 Å². The van der Waals surface area contributed by atoms with Gasteiger partial charge in [0.1, 0.15) is 0 Å². The second-order valence-electron chi connectivity index (χ2n) is 3.70. The van der Waals surface area contributed by atoms with Gasteiger partial charge >= 0.3 is 0 Å². The summed E-state index contributed by atoms with van der Waals surface area (Å²) in [5.74, 6) is 0.0525. The van der Waals surface area contributed by atoms with Crippen molar-refractivity contribution >= 4 is 22.6 Å². The summed E-state index contributed by atoms with van der Waals surface area (Å²) in [5.41, 5.74) is -0.710. The summed E-state index contributed by atoms with van der Waals surface area (Å²) in [7, 11) is 0. The normalized spacial score (nSPS) is 38.5. The molecule has 12 heavy (non-hydrogen) atoms. The van der Waals surface area contributed by atoms with Crippen molar-refractivity contribution in [3.63, 3.8) is 0 Å². The molecule has 1 aliphatic heterocycles. The molecule has 0 aliphatic carbocycles. The topological polar surface area (TPSA) is 43.7 Å². The summed E-state index contributed by atoms with van der Waals surface area (Å²) in [4.78, 5) is 2.20. The molecule has 2 unspecified atom stereocenters. The largest absolute Gasteiger partial charge is 0.396 e. The van der Waals surface area contributed by atoms with Crippen molar-refractivity contribution in [1.82, 2.24) is 4.90 Å². The Hall–Kier alpha value is 0.610. The first kappa shape index (κ1) is 10.7. The molecule has 2 atom stereocenters. The van der Waals surface area contributed by atoms with E-state index in [1.165, 1.54) is 0 Å². The Kier molecular flexibility index (Phi) is 3.75. The van der Waals surface area contributed by atoms with Crippen molar-refractivity contribution in [2.45, 2.75) is 18.9 Å². The molecule has 0 aromatic carbocycles. The Balaban J connectivity index is 2.54. The second kappa shape index (κ2) is 4.21. The first-order chi connectivity index (χ1) is 5.60. The molecule has 72 valence electrons. The minimum Gasteiger partial charge on any atom is -0.396 e. The van der Waals surface area contributed by atoms with Gasteiger partial charge in [0, 0.05) is 19.1 Å². The molecule has 0 spiro atoms. The van der Waals surface area contributed by atoms with E-state index in [1.54, 1.807) is 0 Å². The van der Waals surface area contributed by atoms with Gasteiger partial charge in [-0.15, -0.1) is 0 Å². The quantitative estimate of drug-likeness (QED) is 0.440. The van der Waals surface area contributed by atoms with E-state index in [0.29, 0.717) is 6.54 Å². The standard InChI is InChI=1S/C8H16INO2/c1-8(12)5-10(6-9)3-2-7(8)4-11/h7,11-12H,2-6H2,1H3. The Labute approximate surface area is 86.9 Å². The Bertz CT molecular complexity index is 152. The highest BCUT2D eigenvalue weighted by atomic mass is 127. The minimum atomic E-state index is -0.710. The van der Waals surface area contributed by atoms with Crippen LogP contribution < -0.4 is 0 Å². The van der Waals surface area contributed by atoms with E-state index in [-0.39, 0.29) is 12.5 Å². The molecule has 3 nitrogen and oxygen atoms in total. The van der Waals surface area contributed by atoms with Gasteiger partial charge in [-0.1, -0.05) is 22.6 Å². The maximum Gasteiger partial charge on any atom is 0.0796 e. The average Bonchev–Trinajstić information content (AvgIpc) is 2.02. The lowest BCUT2D eigenvalue weighted by atomic mass is 9.83. The van der Waals surface area contributed by atoms with Crippen LogP contribution in [0.2, 0.25) is 0 Å². The van der Waals surface area contributed by atoms with Crippen molar-refractivity contribution in [2.24, 2.45) is 5.92 Å². The average molecular weight is 285 g/mol. The molecule has 0 bridgehead atoms. The molecular formula is C8H16INO2. The van der Waals surface area contributed by atoms with Crippen molar-refractivity contribution < 1.29 is 10.2 Å². The second-order valence-corrected chi connectivity index (χ2v) is 4.38. The van der Waals surface area contributed by atoms with Crippen LogP contribution in [0.3, 0.4) is 0 Å². The molecule has 0 radical (unpaired) electrons. The van der Waals surface area contributed by atoms with E-state index >= 15 is 0 Å². The fourth-order valence-corrected chi connectivity index (χ4v) is 2.28. The molecule has 1 aliphatic rings. The fraction of sp³-hybridized carbons (Fsp3) is 1.00.